The lowest BCUT2D eigenvalue weighted by atomic mass is 10.5. The van der Waals surface area contributed by atoms with Gasteiger partial charge in [-0.05, 0) is 37.9 Å². The summed E-state index contributed by atoms with van der Waals surface area (Å²) in [4.78, 5) is 14.6. The minimum atomic E-state index is -0.346. The normalized spacial score (nSPS) is 10.0. The molecule has 0 aliphatic carbocycles. The maximum Gasteiger partial charge on any atom is 0.227 e. The van der Waals surface area contributed by atoms with Gasteiger partial charge in [-0.15, -0.1) is 0 Å². The highest BCUT2D eigenvalue weighted by atomic mass is 79.9. The fraction of sp³-hybridized carbons (Fsp3) is 0.143. The number of halogens is 2. The van der Waals surface area contributed by atoms with Crippen molar-refractivity contribution in [2.45, 2.75) is 5.03 Å². The molecule has 0 aromatic carbocycles. The van der Waals surface area contributed by atoms with Crippen LogP contribution in [0.5, 0.6) is 0 Å². The molecule has 0 saturated heterocycles. The van der Waals surface area contributed by atoms with Crippen LogP contribution >= 0.6 is 43.6 Å². The zero-order valence-corrected chi connectivity index (χ0v) is 10.4. The Labute approximate surface area is 96.7 Å². The Balaban J connectivity index is 2.72. The summed E-state index contributed by atoms with van der Waals surface area (Å²) in [7, 11) is 0. The lowest BCUT2D eigenvalue weighted by molar-refractivity contribution is -0.115. The maximum atomic E-state index is 10.5. The van der Waals surface area contributed by atoms with Crippen molar-refractivity contribution in [3.05, 3.63) is 21.2 Å². The molecule has 70 valence electrons. The van der Waals surface area contributed by atoms with Gasteiger partial charge < -0.3 is 5.73 Å². The van der Waals surface area contributed by atoms with Gasteiger partial charge in [-0.1, -0.05) is 11.8 Å². The van der Waals surface area contributed by atoms with Gasteiger partial charge in [-0.2, -0.15) is 0 Å². The Morgan fingerprint density at radius 1 is 1.62 bits per heavy atom. The van der Waals surface area contributed by atoms with Crippen LogP contribution in [0.25, 0.3) is 0 Å². The van der Waals surface area contributed by atoms with Crippen molar-refractivity contribution in [2.24, 2.45) is 5.73 Å². The number of thioether (sulfide) groups is 1. The molecule has 3 nitrogen and oxygen atoms in total. The molecule has 0 aliphatic rings. The zero-order valence-electron chi connectivity index (χ0n) is 6.46. The molecule has 1 aromatic heterocycles. The summed E-state index contributed by atoms with van der Waals surface area (Å²) in [5, 5.41) is 0.766. The topological polar surface area (TPSA) is 56.0 Å². The second-order valence-electron chi connectivity index (χ2n) is 2.20. The summed E-state index contributed by atoms with van der Waals surface area (Å²) in [6.45, 7) is 0. The Bertz CT molecular complexity index is 332. The highest BCUT2D eigenvalue weighted by Gasteiger charge is 2.04. The zero-order chi connectivity index (χ0) is 9.84. The first kappa shape index (κ1) is 11.0. The van der Waals surface area contributed by atoms with Crippen LogP contribution in [0.15, 0.2) is 26.2 Å². The van der Waals surface area contributed by atoms with Crippen LogP contribution < -0.4 is 5.73 Å². The molecule has 1 rings (SSSR count). The molecule has 1 amide bonds. The lowest BCUT2D eigenvalue weighted by Gasteiger charge is -2.01. The van der Waals surface area contributed by atoms with E-state index in [1.54, 1.807) is 6.20 Å². The van der Waals surface area contributed by atoms with Crippen molar-refractivity contribution in [3.8, 4) is 0 Å². The number of hydrogen-bond acceptors (Lipinski definition) is 3. The Morgan fingerprint density at radius 3 is 2.85 bits per heavy atom. The third-order valence-corrected chi connectivity index (χ3v) is 3.45. The van der Waals surface area contributed by atoms with E-state index in [-0.39, 0.29) is 11.7 Å². The number of pyridine rings is 1. The van der Waals surface area contributed by atoms with Crippen molar-refractivity contribution >= 4 is 49.5 Å². The molecule has 0 atom stereocenters. The molecule has 13 heavy (non-hydrogen) atoms. The molecule has 0 unspecified atom stereocenters. The Morgan fingerprint density at radius 2 is 2.31 bits per heavy atom. The van der Waals surface area contributed by atoms with Crippen LogP contribution in [-0.4, -0.2) is 16.6 Å². The molecule has 0 bridgehead atoms. The van der Waals surface area contributed by atoms with Gasteiger partial charge >= 0.3 is 0 Å². The van der Waals surface area contributed by atoms with E-state index in [0.29, 0.717) is 0 Å². The molecular weight excluding hydrogens is 320 g/mol. The Kier molecular flexibility index (Phi) is 4.21. The van der Waals surface area contributed by atoms with E-state index < -0.39 is 0 Å². The first-order valence-corrected chi connectivity index (χ1v) is 5.89. The van der Waals surface area contributed by atoms with Crippen LogP contribution in [-0.2, 0) is 4.79 Å². The largest absolute Gasteiger partial charge is 0.369 e. The fourth-order valence-corrected chi connectivity index (χ4v) is 2.58. The van der Waals surface area contributed by atoms with Gasteiger partial charge in [-0.3, -0.25) is 4.79 Å². The van der Waals surface area contributed by atoms with Crippen LogP contribution in [0, 0.1) is 0 Å². The smallest absolute Gasteiger partial charge is 0.227 e. The van der Waals surface area contributed by atoms with Crippen LogP contribution in [0.1, 0.15) is 0 Å². The van der Waals surface area contributed by atoms with Crippen LogP contribution in [0.2, 0.25) is 0 Å². The number of carbonyl (C=O) groups is 1. The number of primary amides is 1. The van der Waals surface area contributed by atoms with Crippen molar-refractivity contribution < 1.29 is 4.79 Å². The molecule has 0 spiro atoms. The lowest BCUT2D eigenvalue weighted by Crippen LogP contribution is -2.13. The van der Waals surface area contributed by atoms with Gasteiger partial charge in [0, 0.05) is 10.7 Å². The van der Waals surface area contributed by atoms with E-state index in [4.69, 9.17) is 5.73 Å². The van der Waals surface area contributed by atoms with Crippen molar-refractivity contribution in [1.82, 2.24) is 4.98 Å². The third-order valence-electron chi connectivity index (χ3n) is 1.13. The predicted molar refractivity (Wildman–Crippen MR) is 59.6 cm³/mol. The summed E-state index contributed by atoms with van der Waals surface area (Å²) >= 11 is 7.93. The molecular formula is C7H6Br2N2OS. The van der Waals surface area contributed by atoms with Gasteiger partial charge in [0.05, 0.1) is 10.2 Å². The number of nitrogens with two attached hydrogens (primary N) is 1. The SMILES string of the molecule is NC(=O)CSc1ncc(Br)cc1Br. The predicted octanol–water partition coefficient (Wildman–Crippen LogP) is 2.18. The first-order valence-electron chi connectivity index (χ1n) is 3.31. The van der Waals surface area contributed by atoms with Crippen molar-refractivity contribution in [1.29, 1.82) is 0 Å². The standard InChI is InChI=1S/C7H6Br2N2OS/c8-4-1-5(9)7(11-2-4)13-3-6(10)12/h1-2H,3H2,(H2,10,12). The highest BCUT2D eigenvalue weighted by molar-refractivity contribution is 9.11. The van der Waals surface area contributed by atoms with E-state index in [2.05, 4.69) is 36.8 Å². The number of hydrogen-bond donors (Lipinski definition) is 1. The first-order chi connectivity index (χ1) is 6.09. The summed E-state index contributed by atoms with van der Waals surface area (Å²) in [6, 6.07) is 1.87. The maximum absolute atomic E-state index is 10.5. The van der Waals surface area contributed by atoms with Gasteiger partial charge in [0.2, 0.25) is 5.91 Å². The molecule has 0 saturated carbocycles. The molecule has 6 heteroatoms. The number of nitrogens with zero attached hydrogens (tertiary/aromatic N) is 1. The van der Waals surface area contributed by atoms with Crippen LogP contribution in [0.3, 0.4) is 0 Å². The summed E-state index contributed by atoms with van der Waals surface area (Å²) in [5.41, 5.74) is 5.01. The van der Waals surface area contributed by atoms with E-state index in [0.717, 1.165) is 14.0 Å². The second kappa shape index (κ2) is 4.97. The number of carbonyl (C=O) groups excluding carboxylic acids is 1. The number of aromatic nitrogens is 1. The molecule has 0 radical (unpaired) electrons. The minimum absolute atomic E-state index is 0.243. The van der Waals surface area contributed by atoms with Crippen molar-refractivity contribution in [3.63, 3.8) is 0 Å². The Hall–Kier alpha value is -0.0700. The molecule has 1 heterocycles. The number of amides is 1. The van der Waals surface area contributed by atoms with E-state index in [9.17, 15) is 4.79 Å². The molecule has 2 N–H and O–H groups in total. The van der Waals surface area contributed by atoms with Gasteiger partial charge in [0.15, 0.2) is 0 Å². The minimum Gasteiger partial charge on any atom is -0.369 e. The van der Waals surface area contributed by atoms with Crippen molar-refractivity contribution in [2.75, 3.05) is 5.75 Å². The quantitative estimate of drug-likeness (QED) is 0.867. The summed E-state index contributed by atoms with van der Waals surface area (Å²) in [6.07, 6.45) is 1.67. The van der Waals surface area contributed by atoms with E-state index >= 15 is 0 Å². The van der Waals surface area contributed by atoms with Gasteiger partial charge in [0.25, 0.3) is 0 Å². The highest BCUT2D eigenvalue weighted by Crippen LogP contribution is 2.27. The van der Waals surface area contributed by atoms with Crippen LogP contribution in [0.4, 0.5) is 0 Å². The number of rotatable bonds is 3. The average Bonchev–Trinajstić information content (AvgIpc) is 2.02. The molecule has 0 aliphatic heterocycles. The van der Waals surface area contributed by atoms with E-state index in [1.165, 1.54) is 11.8 Å². The monoisotopic (exact) mass is 324 g/mol. The summed E-state index contributed by atoms with van der Waals surface area (Å²) in [5.74, 6) is -0.102. The average molecular weight is 326 g/mol. The van der Waals surface area contributed by atoms with Gasteiger partial charge in [0.1, 0.15) is 5.03 Å². The molecule has 1 aromatic rings. The van der Waals surface area contributed by atoms with E-state index in [1.807, 2.05) is 6.07 Å². The second-order valence-corrected chi connectivity index (χ2v) is 4.93. The fourth-order valence-electron chi connectivity index (χ4n) is 0.648. The summed E-state index contributed by atoms with van der Waals surface area (Å²) < 4.78 is 1.75. The third kappa shape index (κ3) is 3.66. The molecule has 0 fully saturated rings. The van der Waals surface area contributed by atoms with Gasteiger partial charge in [-0.25, -0.2) is 4.98 Å².